The number of hydrogen-bond donors (Lipinski definition) is 1. The fraction of sp³-hybridized carbons (Fsp3) is 0.308. The summed E-state index contributed by atoms with van der Waals surface area (Å²) in [6.45, 7) is 2.02. The van der Waals surface area contributed by atoms with E-state index in [2.05, 4.69) is 29.4 Å². The summed E-state index contributed by atoms with van der Waals surface area (Å²) >= 11 is 0. The topological polar surface area (TPSA) is 43.8 Å². The number of rotatable bonds is 3. The molecule has 16 heavy (non-hydrogen) atoms. The third-order valence-corrected chi connectivity index (χ3v) is 2.49. The summed E-state index contributed by atoms with van der Waals surface area (Å²) in [7, 11) is 1.93. The molecule has 1 aromatic heterocycles. The molecule has 3 heteroatoms. The van der Waals surface area contributed by atoms with Crippen molar-refractivity contribution in [3.63, 3.8) is 0 Å². The van der Waals surface area contributed by atoms with E-state index in [0.29, 0.717) is 0 Å². The maximum atomic E-state index is 5.80. The Morgan fingerprint density at radius 3 is 2.81 bits per heavy atom. The fourth-order valence-corrected chi connectivity index (χ4v) is 1.80. The van der Waals surface area contributed by atoms with Crippen LogP contribution in [0, 0.1) is 0 Å². The smallest absolute Gasteiger partial charge is 0.0923 e. The minimum Gasteiger partial charge on any atom is -0.328 e. The molecule has 1 aromatic carbocycles. The Morgan fingerprint density at radius 1 is 1.38 bits per heavy atom. The van der Waals surface area contributed by atoms with Crippen molar-refractivity contribution in [1.82, 2.24) is 9.78 Å². The molecule has 0 amide bonds. The number of hydrogen-bond acceptors (Lipinski definition) is 2. The molecule has 2 rings (SSSR count). The average molecular weight is 215 g/mol. The van der Waals surface area contributed by atoms with Gasteiger partial charge in [-0.2, -0.15) is 5.10 Å². The van der Waals surface area contributed by atoms with Gasteiger partial charge in [-0.05, 0) is 31.0 Å². The van der Waals surface area contributed by atoms with E-state index >= 15 is 0 Å². The number of nitrogens with two attached hydrogens (primary N) is 1. The summed E-state index contributed by atoms with van der Waals surface area (Å²) in [5.74, 6) is 0. The average Bonchev–Trinajstić information content (AvgIpc) is 2.64. The Kier molecular flexibility index (Phi) is 3.06. The summed E-state index contributed by atoms with van der Waals surface area (Å²) < 4.78 is 1.81. The fourth-order valence-electron chi connectivity index (χ4n) is 1.80. The van der Waals surface area contributed by atoms with Gasteiger partial charge in [0.1, 0.15) is 0 Å². The lowest BCUT2D eigenvalue weighted by atomic mass is 10.0. The van der Waals surface area contributed by atoms with Crippen molar-refractivity contribution in [1.29, 1.82) is 0 Å². The molecule has 0 fully saturated rings. The van der Waals surface area contributed by atoms with Gasteiger partial charge in [0.15, 0.2) is 0 Å². The first-order valence-electron chi connectivity index (χ1n) is 5.49. The van der Waals surface area contributed by atoms with E-state index in [4.69, 9.17) is 5.73 Å². The first kappa shape index (κ1) is 10.9. The summed E-state index contributed by atoms with van der Waals surface area (Å²) in [5.41, 5.74) is 9.22. The van der Waals surface area contributed by atoms with Gasteiger partial charge in [0.05, 0.1) is 5.69 Å². The molecule has 0 saturated heterocycles. The molecule has 0 aliphatic carbocycles. The van der Waals surface area contributed by atoms with Crippen LogP contribution in [0.3, 0.4) is 0 Å². The minimum atomic E-state index is 0.194. The van der Waals surface area contributed by atoms with Crippen molar-refractivity contribution >= 4 is 0 Å². The van der Waals surface area contributed by atoms with Gasteiger partial charge < -0.3 is 5.73 Å². The van der Waals surface area contributed by atoms with Crippen LogP contribution in [-0.2, 0) is 13.5 Å². The molecule has 1 atom stereocenters. The first-order valence-corrected chi connectivity index (χ1v) is 5.49. The first-order chi connectivity index (χ1) is 7.65. The van der Waals surface area contributed by atoms with E-state index in [1.165, 1.54) is 5.56 Å². The van der Waals surface area contributed by atoms with Crippen molar-refractivity contribution in [2.45, 2.75) is 19.4 Å². The number of nitrogens with zero attached hydrogens (tertiary/aromatic N) is 2. The van der Waals surface area contributed by atoms with Crippen LogP contribution < -0.4 is 5.73 Å². The molecule has 0 aliphatic rings. The molecular weight excluding hydrogens is 198 g/mol. The third kappa shape index (κ3) is 2.49. The number of aromatic nitrogens is 2. The maximum absolute atomic E-state index is 5.80. The van der Waals surface area contributed by atoms with Crippen LogP contribution in [0.5, 0.6) is 0 Å². The van der Waals surface area contributed by atoms with Crippen LogP contribution >= 0.6 is 0 Å². The predicted molar refractivity (Wildman–Crippen MR) is 66.0 cm³/mol. The van der Waals surface area contributed by atoms with E-state index in [-0.39, 0.29) is 6.04 Å². The van der Waals surface area contributed by atoms with Crippen LogP contribution in [0.2, 0.25) is 0 Å². The van der Waals surface area contributed by atoms with Crippen LogP contribution in [0.15, 0.2) is 36.5 Å². The quantitative estimate of drug-likeness (QED) is 0.850. The summed E-state index contributed by atoms with van der Waals surface area (Å²) in [5, 5.41) is 4.39. The molecule has 0 saturated carbocycles. The van der Waals surface area contributed by atoms with Crippen molar-refractivity contribution in [2.75, 3.05) is 0 Å². The second-order valence-electron chi connectivity index (χ2n) is 4.26. The molecule has 0 radical (unpaired) electrons. The van der Waals surface area contributed by atoms with E-state index in [1.54, 1.807) is 0 Å². The lowest BCUT2D eigenvalue weighted by molar-refractivity contribution is 0.738. The van der Waals surface area contributed by atoms with Gasteiger partial charge >= 0.3 is 0 Å². The molecule has 0 bridgehead atoms. The maximum Gasteiger partial charge on any atom is 0.0923 e. The lowest BCUT2D eigenvalue weighted by Crippen LogP contribution is -2.17. The SMILES string of the molecule is CC(N)Cc1cccc(-c2ccn(C)n2)c1. The molecule has 2 N–H and O–H groups in total. The van der Waals surface area contributed by atoms with Crippen molar-refractivity contribution < 1.29 is 0 Å². The molecule has 84 valence electrons. The summed E-state index contributed by atoms with van der Waals surface area (Å²) in [6, 6.07) is 10.6. The van der Waals surface area contributed by atoms with Gasteiger partial charge in [0, 0.05) is 24.8 Å². The van der Waals surface area contributed by atoms with Gasteiger partial charge in [-0.25, -0.2) is 0 Å². The van der Waals surface area contributed by atoms with Crippen LogP contribution in [-0.4, -0.2) is 15.8 Å². The Labute approximate surface area is 95.9 Å². The second kappa shape index (κ2) is 4.49. The zero-order valence-electron chi connectivity index (χ0n) is 9.72. The normalized spacial score (nSPS) is 12.7. The summed E-state index contributed by atoms with van der Waals surface area (Å²) in [4.78, 5) is 0. The molecule has 1 heterocycles. The van der Waals surface area contributed by atoms with Gasteiger partial charge in [-0.15, -0.1) is 0 Å². The number of aryl methyl sites for hydroxylation is 1. The number of benzene rings is 1. The Bertz CT molecular complexity index is 472. The van der Waals surface area contributed by atoms with E-state index in [9.17, 15) is 0 Å². The predicted octanol–water partition coefficient (Wildman–Crippen LogP) is 1.98. The van der Waals surface area contributed by atoms with Crippen LogP contribution in [0.25, 0.3) is 11.3 Å². The molecule has 0 spiro atoms. The molecular formula is C13H17N3. The highest BCUT2D eigenvalue weighted by atomic mass is 15.2. The highest BCUT2D eigenvalue weighted by molar-refractivity contribution is 5.59. The summed E-state index contributed by atoms with van der Waals surface area (Å²) in [6.07, 6.45) is 2.86. The van der Waals surface area contributed by atoms with Gasteiger partial charge in [-0.1, -0.05) is 18.2 Å². The van der Waals surface area contributed by atoms with Crippen LogP contribution in [0.4, 0.5) is 0 Å². The monoisotopic (exact) mass is 215 g/mol. The van der Waals surface area contributed by atoms with Crippen molar-refractivity contribution in [3.05, 3.63) is 42.1 Å². The molecule has 1 unspecified atom stereocenters. The molecule has 2 aromatic rings. The Morgan fingerprint density at radius 2 is 2.19 bits per heavy atom. The third-order valence-electron chi connectivity index (χ3n) is 2.49. The zero-order chi connectivity index (χ0) is 11.5. The highest BCUT2D eigenvalue weighted by Gasteiger charge is 2.03. The van der Waals surface area contributed by atoms with E-state index < -0.39 is 0 Å². The Balaban J connectivity index is 2.28. The molecule has 0 aliphatic heterocycles. The second-order valence-corrected chi connectivity index (χ2v) is 4.26. The van der Waals surface area contributed by atoms with Gasteiger partial charge in [-0.3, -0.25) is 4.68 Å². The zero-order valence-corrected chi connectivity index (χ0v) is 9.72. The van der Waals surface area contributed by atoms with Crippen molar-refractivity contribution in [2.24, 2.45) is 12.8 Å². The van der Waals surface area contributed by atoms with E-state index in [0.717, 1.165) is 17.7 Å². The molecule has 3 nitrogen and oxygen atoms in total. The minimum absolute atomic E-state index is 0.194. The van der Waals surface area contributed by atoms with Gasteiger partial charge in [0.2, 0.25) is 0 Å². The van der Waals surface area contributed by atoms with Crippen LogP contribution in [0.1, 0.15) is 12.5 Å². The van der Waals surface area contributed by atoms with Crippen molar-refractivity contribution in [3.8, 4) is 11.3 Å². The van der Waals surface area contributed by atoms with Gasteiger partial charge in [0.25, 0.3) is 0 Å². The Hall–Kier alpha value is -1.61. The van der Waals surface area contributed by atoms with E-state index in [1.807, 2.05) is 30.9 Å². The standard InChI is InChI=1S/C13H17N3/c1-10(14)8-11-4-3-5-12(9-11)13-6-7-16(2)15-13/h3-7,9-10H,8,14H2,1-2H3. The largest absolute Gasteiger partial charge is 0.328 e. The lowest BCUT2D eigenvalue weighted by Gasteiger charge is -2.06. The highest BCUT2D eigenvalue weighted by Crippen LogP contribution is 2.18.